The number of carbonyl (C=O) groups excluding carboxylic acids is 1. The first-order valence-corrected chi connectivity index (χ1v) is 6.86. The van der Waals surface area contributed by atoms with Gasteiger partial charge in [0.1, 0.15) is 11.5 Å². The molecule has 1 saturated carbocycles. The van der Waals surface area contributed by atoms with Crippen LogP contribution in [0.4, 0.5) is 11.5 Å². The van der Waals surface area contributed by atoms with Crippen LogP contribution in [0, 0.1) is 11.8 Å². The monoisotopic (exact) mass is 262 g/mol. The van der Waals surface area contributed by atoms with Gasteiger partial charge in [0, 0.05) is 6.54 Å². The van der Waals surface area contributed by atoms with E-state index in [1.54, 1.807) is 12.1 Å². The second kappa shape index (κ2) is 5.91. The van der Waals surface area contributed by atoms with E-state index in [1.807, 2.05) is 0 Å². The SMILES string of the molecule is CC1CCCC(CNc2nc(C(N)=O)ccc2N)C1. The van der Waals surface area contributed by atoms with Crippen molar-refractivity contribution in [2.45, 2.75) is 32.6 Å². The van der Waals surface area contributed by atoms with Crippen molar-refractivity contribution in [1.82, 2.24) is 4.98 Å². The maximum Gasteiger partial charge on any atom is 0.267 e. The summed E-state index contributed by atoms with van der Waals surface area (Å²) in [4.78, 5) is 15.3. The van der Waals surface area contributed by atoms with E-state index in [2.05, 4.69) is 17.2 Å². The highest BCUT2D eigenvalue weighted by molar-refractivity contribution is 5.91. The first-order valence-electron chi connectivity index (χ1n) is 6.86. The molecule has 1 heterocycles. The first-order chi connectivity index (χ1) is 9.06. The fourth-order valence-electron chi connectivity index (χ4n) is 2.73. The number of hydrogen-bond donors (Lipinski definition) is 3. The maximum atomic E-state index is 11.1. The van der Waals surface area contributed by atoms with Crippen molar-refractivity contribution in [2.24, 2.45) is 17.6 Å². The molecule has 2 atom stereocenters. The quantitative estimate of drug-likeness (QED) is 0.773. The van der Waals surface area contributed by atoms with Gasteiger partial charge >= 0.3 is 0 Å². The Morgan fingerprint density at radius 2 is 2.26 bits per heavy atom. The van der Waals surface area contributed by atoms with E-state index in [1.165, 1.54) is 25.7 Å². The van der Waals surface area contributed by atoms with Crippen molar-refractivity contribution in [1.29, 1.82) is 0 Å². The van der Waals surface area contributed by atoms with Crippen LogP contribution in [0.1, 0.15) is 43.1 Å². The average molecular weight is 262 g/mol. The second-order valence-corrected chi connectivity index (χ2v) is 5.52. The predicted octanol–water partition coefficient (Wildman–Crippen LogP) is 2.00. The minimum Gasteiger partial charge on any atom is -0.396 e. The number of rotatable bonds is 4. The third-order valence-electron chi connectivity index (χ3n) is 3.78. The molecule has 1 aromatic rings. The Morgan fingerprint density at radius 1 is 1.47 bits per heavy atom. The van der Waals surface area contributed by atoms with Crippen molar-refractivity contribution in [2.75, 3.05) is 17.6 Å². The Morgan fingerprint density at radius 3 is 2.95 bits per heavy atom. The van der Waals surface area contributed by atoms with Crippen molar-refractivity contribution >= 4 is 17.4 Å². The van der Waals surface area contributed by atoms with E-state index in [0.717, 1.165) is 12.5 Å². The molecule has 1 aliphatic carbocycles. The number of nitrogen functional groups attached to an aromatic ring is 1. The molecule has 0 saturated heterocycles. The van der Waals surface area contributed by atoms with Gasteiger partial charge in [-0.1, -0.05) is 19.8 Å². The summed E-state index contributed by atoms with van der Waals surface area (Å²) in [5, 5.41) is 3.25. The van der Waals surface area contributed by atoms with Gasteiger partial charge in [0.25, 0.3) is 5.91 Å². The molecule has 2 unspecified atom stereocenters. The van der Waals surface area contributed by atoms with Crippen molar-refractivity contribution < 1.29 is 4.79 Å². The third kappa shape index (κ3) is 3.59. The highest BCUT2D eigenvalue weighted by atomic mass is 16.1. The molecule has 5 heteroatoms. The summed E-state index contributed by atoms with van der Waals surface area (Å²) in [6.07, 6.45) is 5.10. The normalized spacial score (nSPS) is 23.0. The Balaban J connectivity index is 1.98. The van der Waals surface area contributed by atoms with E-state index in [0.29, 0.717) is 17.4 Å². The number of anilines is 2. The number of primary amides is 1. The summed E-state index contributed by atoms with van der Waals surface area (Å²) < 4.78 is 0. The minimum absolute atomic E-state index is 0.244. The molecule has 1 fully saturated rings. The van der Waals surface area contributed by atoms with Crippen LogP contribution in [0.5, 0.6) is 0 Å². The lowest BCUT2D eigenvalue weighted by atomic mass is 9.82. The zero-order valence-electron chi connectivity index (χ0n) is 11.4. The van der Waals surface area contributed by atoms with E-state index >= 15 is 0 Å². The molecule has 104 valence electrons. The molecule has 2 rings (SSSR count). The van der Waals surface area contributed by atoms with Crippen LogP contribution >= 0.6 is 0 Å². The molecular formula is C14H22N4O. The molecule has 0 aliphatic heterocycles. The number of pyridine rings is 1. The second-order valence-electron chi connectivity index (χ2n) is 5.52. The average Bonchev–Trinajstić information content (AvgIpc) is 2.37. The number of hydrogen-bond acceptors (Lipinski definition) is 4. The van der Waals surface area contributed by atoms with Crippen LogP contribution in [0.2, 0.25) is 0 Å². The Hall–Kier alpha value is -1.78. The zero-order chi connectivity index (χ0) is 13.8. The van der Waals surface area contributed by atoms with Crippen LogP contribution in [0.3, 0.4) is 0 Å². The summed E-state index contributed by atoms with van der Waals surface area (Å²) in [5.74, 6) is 1.48. The van der Waals surface area contributed by atoms with Gasteiger partial charge in [-0.2, -0.15) is 0 Å². The summed E-state index contributed by atoms with van der Waals surface area (Å²) in [7, 11) is 0. The molecule has 0 aromatic carbocycles. The lowest BCUT2D eigenvalue weighted by Crippen LogP contribution is -2.22. The van der Waals surface area contributed by atoms with Crippen molar-refractivity contribution in [3.63, 3.8) is 0 Å². The van der Waals surface area contributed by atoms with Crippen LogP contribution < -0.4 is 16.8 Å². The lowest BCUT2D eigenvalue weighted by Gasteiger charge is -2.27. The van der Waals surface area contributed by atoms with E-state index in [-0.39, 0.29) is 5.69 Å². The van der Waals surface area contributed by atoms with Crippen LogP contribution in [-0.4, -0.2) is 17.4 Å². The topological polar surface area (TPSA) is 94.0 Å². The third-order valence-corrected chi connectivity index (χ3v) is 3.78. The number of nitrogens with zero attached hydrogens (tertiary/aromatic N) is 1. The molecule has 1 aliphatic rings. The standard InChI is InChI=1S/C14H22N4O/c1-9-3-2-4-10(7-9)8-17-14-11(15)5-6-12(18-14)13(16)19/h5-6,9-10H,2-4,7-8,15H2,1H3,(H2,16,19)(H,17,18). The van der Waals surface area contributed by atoms with Gasteiger partial charge in [0.2, 0.25) is 0 Å². The van der Waals surface area contributed by atoms with Gasteiger partial charge in [0.05, 0.1) is 5.69 Å². The highest BCUT2D eigenvalue weighted by Gasteiger charge is 2.19. The molecule has 5 N–H and O–H groups in total. The lowest BCUT2D eigenvalue weighted by molar-refractivity contribution is 0.0996. The van der Waals surface area contributed by atoms with Crippen LogP contribution in [-0.2, 0) is 0 Å². The number of carbonyl (C=O) groups is 1. The predicted molar refractivity (Wildman–Crippen MR) is 76.8 cm³/mol. The van der Waals surface area contributed by atoms with Crippen molar-refractivity contribution in [3.8, 4) is 0 Å². The van der Waals surface area contributed by atoms with Gasteiger partial charge in [0.15, 0.2) is 0 Å². The smallest absolute Gasteiger partial charge is 0.267 e. The molecule has 1 aromatic heterocycles. The number of nitrogens with one attached hydrogen (secondary N) is 1. The Labute approximate surface area is 113 Å². The van der Waals surface area contributed by atoms with Gasteiger partial charge < -0.3 is 16.8 Å². The minimum atomic E-state index is -0.533. The molecule has 0 spiro atoms. The van der Waals surface area contributed by atoms with Crippen LogP contribution in [0.25, 0.3) is 0 Å². The Bertz CT molecular complexity index is 461. The largest absolute Gasteiger partial charge is 0.396 e. The summed E-state index contributed by atoms with van der Waals surface area (Å²) in [6.45, 7) is 3.15. The van der Waals surface area contributed by atoms with Gasteiger partial charge in [-0.25, -0.2) is 4.98 Å². The Kier molecular flexibility index (Phi) is 4.24. The zero-order valence-corrected chi connectivity index (χ0v) is 11.4. The highest BCUT2D eigenvalue weighted by Crippen LogP contribution is 2.29. The van der Waals surface area contributed by atoms with Gasteiger partial charge in [-0.05, 0) is 36.8 Å². The fourth-order valence-corrected chi connectivity index (χ4v) is 2.73. The number of aromatic nitrogens is 1. The van der Waals surface area contributed by atoms with Crippen molar-refractivity contribution in [3.05, 3.63) is 17.8 Å². The van der Waals surface area contributed by atoms with E-state index < -0.39 is 5.91 Å². The molecule has 5 nitrogen and oxygen atoms in total. The van der Waals surface area contributed by atoms with E-state index in [4.69, 9.17) is 11.5 Å². The summed E-state index contributed by atoms with van der Waals surface area (Å²) >= 11 is 0. The first kappa shape index (κ1) is 13.6. The summed E-state index contributed by atoms with van der Waals surface area (Å²) in [5.41, 5.74) is 11.9. The summed E-state index contributed by atoms with van der Waals surface area (Å²) in [6, 6.07) is 3.21. The van der Waals surface area contributed by atoms with E-state index in [9.17, 15) is 4.79 Å². The number of amides is 1. The fraction of sp³-hybridized carbons (Fsp3) is 0.571. The molecule has 1 amide bonds. The molecule has 19 heavy (non-hydrogen) atoms. The number of nitrogens with two attached hydrogens (primary N) is 2. The molecular weight excluding hydrogens is 240 g/mol. The van der Waals surface area contributed by atoms with Gasteiger partial charge in [-0.15, -0.1) is 0 Å². The maximum absolute atomic E-state index is 11.1. The molecule has 0 bridgehead atoms. The van der Waals surface area contributed by atoms with Gasteiger partial charge in [-0.3, -0.25) is 4.79 Å². The van der Waals surface area contributed by atoms with Crippen LogP contribution in [0.15, 0.2) is 12.1 Å². The molecule has 0 radical (unpaired) electrons.